The lowest BCUT2D eigenvalue weighted by molar-refractivity contribution is 1.03. The Bertz CT molecular complexity index is 499. The summed E-state index contributed by atoms with van der Waals surface area (Å²) in [6, 6.07) is 5.94. The first-order chi connectivity index (χ1) is 8.18. The molecule has 1 aromatic carbocycles. The van der Waals surface area contributed by atoms with Crippen LogP contribution in [0.2, 0.25) is 10.0 Å². The van der Waals surface area contributed by atoms with Gasteiger partial charge in [0.2, 0.25) is 0 Å². The summed E-state index contributed by atoms with van der Waals surface area (Å²) < 4.78 is 0.813. The van der Waals surface area contributed by atoms with Crippen LogP contribution in [0.3, 0.4) is 0 Å². The Morgan fingerprint density at radius 3 is 2.71 bits per heavy atom. The molecule has 0 aliphatic carbocycles. The molecule has 0 amide bonds. The summed E-state index contributed by atoms with van der Waals surface area (Å²) in [6.45, 7) is 0.842. The second-order valence-corrected chi connectivity index (χ2v) is 5.92. The number of anilines is 1. The standard InChI is InChI=1S/C12H10BrCl2NS/c13-9-1-2-10(12(15)11(9)14)16-5-3-8-4-6-17-7-8/h1-2,4,6-7,16H,3,5H2. The Morgan fingerprint density at radius 1 is 1.18 bits per heavy atom. The summed E-state index contributed by atoms with van der Waals surface area (Å²) in [5, 5.41) is 8.63. The number of hydrogen-bond donors (Lipinski definition) is 1. The zero-order valence-electron chi connectivity index (χ0n) is 8.84. The Balaban J connectivity index is 1.97. The molecule has 0 aliphatic rings. The Morgan fingerprint density at radius 2 is 2.00 bits per heavy atom. The van der Waals surface area contributed by atoms with Crippen molar-refractivity contribution in [3.8, 4) is 0 Å². The number of thiophene rings is 1. The van der Waals surface area contributed by atoms with Gasteiger partial charge in [0, 0.05) is 11.0 Å². The maximum atomic E-state index is 6.14. The van der Waals surface area contributed by atoms with Crippen molar-refractivity contribution in [2.24, 2.45) is 0 Å². The van der Waals surface area contributed by atoms with Crippen LogP contribution < -0.4 is 5.32 Å². The molecular weight excluding hydrogens is 341 g/mol. The molecule has 0 spiro atoms. The van der Waals surface area contributed by atoms with Crippen LogP contribution in [0.1, 0.15) is 5.56 Å². The predicted octanol–water partition coefficient (Wildman–Crippen LogP) is 5.47. The van der Waals surface area contributed by atoms with Crippen LogP contribution >= 0.6 is 50.5 Å². The topological polar surface area (TPSA) is 12.0 Å². The number of benzene rings is 1. The maximum absolute atomic E-state index is 6.14. The fourth-order valence-corrected chi connectivity index (χ4v) is 2.98. The van der Waals surface area contributed by atoms with E-state index in [9.17, 15) is 0 Å². The summed E-state index contributed by atoms with van der Waals surface area (Å²) in [4.78, 5) is 0. The average molecular weight is 351 g/mol. The highest BCUT2D eigenvalue weighted by atomic mass is 79.9. The van der Waals surface area contributed by atoms with Crippen LogP contribution in [0.5, 0.6) is 0 Å². The van der Waals surface area contributed by atoms with Crippen molar-refractivity contribution < 1.29 is 0 Å². The molecule has 0 saturated carbocycles. The molecule has 0 saturated heterocycles. The van der Waals surface area contributed by atoms with Gasteiger partial charge in [0.25, 0.3) is 0 Å². The summed E-state index contributed by atoms with van der Waals surface area (Å²) in [5.41, 5.74) is 2.21. The van der Waals surface area contributed by atoms with Crippen LogP contribution in [-0.2, 0) is 6.42 Å². The zero-order valence-corrected chi connectivity index (χ0v) is 12.8. The first kappa shape index (κ1) is 13.2. The molecule has 1 N–H and O–H groups in total. The van der Waals surface area contributed by atoms with Crippen molar-refractivity contribution in [1.29, 1.82) is 0 Å². The summed E-state index contributed by atoms with van der Waals surface area (Å²) in [6.07, 6.45) is 0.980. The molecule has 0 bridgehead atoms. The fraction of sp³-hybridized carbons (Fsp3) is 0.167. The Kier molecular flexibility index (Phi) is 4.74. The number of nitrogens with one attached hydrogen (secondary N) is 1. The maximum Gasteiger partial charge on any atom is 0.0835 e. The normalized spacial score (nSPS) is 10.5. The highest BCUT2D eigenvalue weighted by Crippen LogP contribution is 2.35. The van der Waals surface area contributed by atoms with Crippen LogP contribution in [0.4, 0.5) is 5.69 Å². The SMILES string of the molecule is Clc1c(Br)ccc(NCCc2ccsc2)c1Cl. The molecule has 1 nitrogen and oxygen atoms in total. The van der Waals surface area contributed by atoms with Gasteiger partial charge in [-0.3, -0.25) is 0 Å². The Labute approximate surface area is 123 Å². The fourth-order valence-electron chi connectivity index (χ4n) is 1.44. The highest BCUT2D eigenvalue weighted by molar-refractivity contribution is 9.10. The van der Waals surface area contributed by atoms with Crippen LogP contribution in [-0.4, -0.2) is 6.54 Å². The predicted molar refractivity (Wildman–Crippen MR) is 80.7 cm³/mol. The van der Waals surface area contributed by atoms with Crippen molar-refractivity contribution in [2.45, 2.75) is 6.42 Å². The van der Waals surface area contributed by atoms with Gasteiger partial charge in [-0.2, -0.15) is 11.3 Å². The summed E-state index contributed by atoms with van der Waals surface area (Å²) in [5.74, 6) is 0. The van der Waals surface area contributed by atoms with Crippen molar-refractivity contribution in [1.82, 2.24) is 0 Å². The number of halogens is 3. The summed E-state index contributed by atoms with van der Waals surface area (Å²) >= 11 is 17.2. The highest BCUT2D eigenvalue weighted by Gasteiger charge is 2.07. The molecule has 17 heavy (non-hydrogen) atoms. The third-order valence-corrected chi connectivity index (χ3v) is 4.85. The quantitative estimate of drug-likeness (QED) is 0.720. The summed E-state index contributed by atoms with van der Waals surface area (Å²) in [7, 11) is 0. The van der Waals surface area contributed by atoms with E-state index in [0.717, 1.165) is 23.1 Å². The molecular formula is C12H10BrCl2NS. The number of hydrogen-bond acceptors (Lipinski definition) is 2. The molecule has 5 heteroatoms. The monoisotopic (exact) mass is 349 g/mol. The smallest absolute Gasteiger partial charge is 0.0835 e. The van der Waals surface area contributed by atoms with E-state index in [4.69, 9.17) is 23.2 Å². The number of rotatable bonds is 4. The lowest BCUT2D eigenvalue weighted by Gasteiger charge is -2.09. The van der Waals surface area contributed by atoms with Gasteiger partial charge in [0.1, 0.15) is 0 Å². The van der Waals surface area contributed by atoms with Crippen LogP contribution in [0.25, 0.3) is 0 Å². The van der Waals surface area contributed by atoms with E-state index in [1.54, 1.807) is 11.3 Å². The van der Waals surface area contributed by atoms with Crippen molar-refractivity contribution in [2.75, 3.05) is 11.9 Å². The zero-order chi connectivity index (χ0) is 12.3. The molecule has 2 rings (SSSR count). The van der Waals surface area contributed by atoms with Gasteiger partial charge >= 0.3 is 0 Å². The first-order valence-corrected chi connectivity index (χ1v) is 7.56. The first-order valence-electron chi connectivity index (χ1n) is 5.07. The van der Waals surface area contributed by atoms with Gasteiger partial charge in [-0.1, -0.05) is 23.2 Å². The molecule has 0 aliphatic heterocycles. The van der Waals surface area contributed by atoms with Gasteiger partial charge in [-0.25, -0.2) is 0 Å². The molecule has 1 aromatic heterocycles. The third kappa shape index (κ3) is 3.38. The molecule has 90 valence electrons. The largest absolute Gasteiger partial charge is 0.383 e. The third-order valence-electron chi connectivity index (χ3n) is 2.34. The van der Waals surface area contributed by atoms with E-state index in [0.29, 0.717) is 10.0 Å². The minimum absolute atomic E-state index is 0.548. The van der Waals surface area contributed by atoms with Gasteiger partial charge in [0.05, 0.1) is 15.7 Å². The van der Waals surface area contributed by atoms with E-state index >= 15 is 0 Å². The van der Waals surface area contributed by atoms with Gasteiger partial charge < -0.3 is 5.32 Å². The molecule has 1 heterocycles. The molecule has 0 fully saturated rings. The molecule has 2 aromatic rings. The van der Waals surface area contributed by atoms with Crippen molar-refractivity contribution in [3.05, 3.63) is 49.0 Å². The van der Waals surface area contributed by atoms with Crippen LogP contribution in [0.15, 0.2) is 33.4 Å². The molecule has 0 atom stereocenters. The average Bonchev–Trinajstić information content (AvgIpc) is 2.82. The lowest BCUT2D eigenvalue weighted by Crippen LogP contribution is -2.04. The minimum atomic E-state index is 0.548. The van der Waals surface area contributed by atoms with E-state index in [1.165, 1.54) is 5.56 Å². The van der Waals surface area contributed by atoms with Crippen molar-refractivity contribution >= 4 is 56.2 Å². The van der Waals surface area contributed by atoms with E-state index in [1.807, 2.05) is 12.1 Å². The van der Waals surface area contributed by atoms with Gasteiger partial charge in [-0.15, -0.1) is 0 Å². The van der Waals surface area contributed by atoms with E-state index in [2.05, 4.69) is 38.1 Å². The van der Waals surface area contributed by atoms with Gasteiger partial charge in [-0.05, 0) is 56.9 Å². The van der Waals surface area contributed by atoms with E-state index < -0.39 is 0 Å². The van der Waals surface area contributed by atoms with Crippen LogP contribution in [0, 0.1) is 0 Å². The lowest BCUT2D eigenvalue weighted by atomic mass is 10.2. The van der Waals surface area contributed by atoms with Crippen molar-refractivity contribution in [3.63, 3.8) is 0 Å². The molecule has 0 unspecified atom stereocenters. The van der Waals surface area contributed by atoms with Gasteiger partial charge in [0.15, 0.2) is 0 Å². The second kappa shape index (κ2) is 6.10. The second-order valence-electron chi connectivity index (χ2n) is 3.53. The molecule has 0 radical (unpaired) electrons. The van der Waals surface area contributed by atoms with E-state index in [-0.39, 0.29) is 0 Å². The minimum Gasteiger partial charge on any atom is -0.383 e. The Hall–Kier alpha value is -0.220.